The Morgan fingerprint density at radius 1 is 1.19 bits per heavy atom. The van der Waals surface area contributed by atoms with E-state index in [0.717, 1.165) is 28.2 Å². The van der Waals surface area contributed by atoms with E-state index in [1.165, 1.54) is 25.7 Å². The van der Waals surface area contributed by atoms with Crippen LogP contribution >= 0.6 is 11.6 Å². The number of hydrogen-bond donors (Lipinski definition) is 1. The molecule has 1 aromatic heterocycles. The highest BCUT2D eigenvalue weighted by molar-refractivity contribution is 6.31. The molecule has 3 atom stereocenters. The van der Waals surface area contributed by atoms with Gasteiger partial charge in [0.05, 0.1) is 11.6 Å². The van der Waals surface area contributed by atoms with Gasteiger partial charge in [-0.15, -0.1) is 0 Å². The third kappa shape index (κ3) is 2.49. The molecular formula is C17H19ClN2O. The summed E-state index contributed by atoms with van der Waals surface area (Å²) in [6, 6.07) is 8.48. The van der Waals surface area contributed by atoms with E-state index < -0.39 is 0 Å². The number of pyridine rings is 1. The van der Waals surface area contributed by atoms with Crippen LogP contribution in [0.1, 0.15) is 25.7 Å². The van der Waals surface area contributed by atoms with Crippen LogP contribution < -0.4 is 5.32 Å². The lowest BCUT2D eigenvalue weighted by Crippen LogP contribution is -2.38. The minimum Gasteiger partial charge on any atom is -0.381 e. The molecular weight excluding hydrogens is 284 g/mol. The van der Waals surface area contributed by atoms with Crippen molar-refractivity contribution in [2.45, 2.75) is 37.8 Å². The highest BCUT2D eigenvalue weighted by Crippen LogP contribution is 2.37. The lowest BCUT2D eigenvalue weighted by Gasteiger charge is -2.34. The first-order chi connectivity index (χ1) is 10.3. The third-order valence-corrected chi connectivity index (χ3v) is 5.06. The van der Waals surface area contributed by atoms with E-state index in [0.29, 0.717) is 18.1 Å². The van der Waals surface area contributed by atoms with Gasteiger partial charge in [-0.25, -0.2) is 0 Å². The van der Waals surface area contributed by atoms with Gasteiger partial charge in [-0.1, -0.05) is 11.6 Å². The second kappa shape index (κ2) is 5.47. The van der Waals surface area contributed by atoms with Crippen LogP contribution in [0.15, 0.2) is 30.5 Å². The predicted molar refractivity (Wildman–Crippen MR) is 85.9 cm³/mol. The summed E-state index contributed by atoms with van der Waals surface area (Å²) < 4.78 is 5.86. The minimum absolute atomic E-state index is 0.457. The molecule has 1 saturated carbocycles. The van der Waals surface area contributed by atoms with E-state index in [4.69, 9.17) is 16.3 Å². The fourth-order valence-electron chi connectivity index (χ4n) is 3.80. The largest absolute Gasteiger partial charge is 0.381 e. The molecule has 0 bridgehead atoms. The topological polar surface area (TPSA) is 34.1 Å². The van der Waals surface area contributed by atoms with Crippen LogP contribution in [0, 0.1) is 5.92 Å². The van der Waals surface area contributed by atoms with Crippen LogP contribution in [0.4, 0.5) is 5.69 Å². The molecule has 2 fully saturated rings. The van der Waals surface area contributed by atoms with Crippen molar-refractivity contribution in [1.82, 2.24) is 4.98 Å². The van der Waals surface area contributed by atoms with E-state index in [-0.39, 0.29) is 0 Å². The molecule has 110 valence electrons. The summed E-state index contributed by atoms with van der Waals surface area (Å²) in [5.41, 5.74) is 2.11. The molecule has 2 heterocycles. The van der Waals surface area contributed by atoms with Crippen LogP contribution in [0.2, 0.25) is 5.02 Å². The molecule has 1 aromatic carbocycles. The lowest BCUT2D eigenvalue weighted by atomic mass is 9.81. The summed E-state index contributed by atoms with van der Waals surface area (Å²) in [4.78, 5) is 4.41. The third-order valence-electron chi connectivity index (χ3n) is 4.83. The molecule has 3 nitrogen and oxygen atoms in total. The number of halogens is 1. The minimum atomic E-state index is 0.457. The van der Waals surface area contributed by atoms with Gasteiger partial charge in [-0.2, -0.15) is 0 Å². The summed E-state index contributed by atoms with van der Waals surface area (Å²) in [7, 11) is 0. The smallest absolute Gasteiger partial charge is 0.0737 e. The number of anilines is 1. The quantitative estimate of drug-likeness (QED) is 0.900. The van der Waals surface area contributed by atoms with Gasteiger partial charge in [0.2, 0.25) is 0 Å². The molecule has 21 heavy (non-hydrogen) atoms. The highest BCUT2D eigenvalue weighted by atomic mass is 35.5. The van der Waals surface area contributed by atoms with Crippen LogP contribution in [0.3, 0.4) is 0 Å². The Morgan fingerprint density at radius 3 is 3.10 bits per heavy atom. The van der Waals surface area contributed by atoms with E-state index in [1.807, 2.05) is 18.3 Å². The highest BCUT2D eigenvalue weighted by Gasteiger charge is 2.37. The van der Waals surface area contributed by atoms with Gasteiger partial charge in [0.1, 0.15) is 0 Å². The molecule has 0 radical (unpaired) electrons. The predicted octanol–water partition coefficient (Wildman–Crippen LogP) is 4.26. The van der Waals surface area contributed by atoms with E-state index in [2.05, 4.69) is 22.4 Å². The first kappa shape index (κ1) is 13.4. The Hall–Kier alpha value is -1.32. The van der Waals surface area contributed by atoms with Crippen molar-refractivity contribution < 1.29 is 4.74 Å². The van der Waals surface area contributed by atoms with Crippen molar-refractivity contribution in [2.75, 3.05) is 11.9 Å². The van der Waals surface area contributed by atoms with Crippen LogP contribution in [0.25, 0.3) is 10.9 Å². The van der Waals surface area contributed by atoms with Gasteiger partial charge in [0.25, 0.3) is 0 Å². The van der Waals surface area contributed by atoms with Gasteiger partial charge >= 0.3 is 0 Å². The molecule has 0 amide bonds. The second-order valence-corrected chi connectivity index (χ2v) is 6.50. The Labute approximate surface area is 129 Å². The lowest BCUT2D eigenvalue weighted by molar-refractivity contribution is 0.0620. The van der Waals surface area contributed by atoms with E-state index in [1.54, 1.807) is 0 Å². The molecule has 4 rings (SSSR count). The number of benzene rings is 1. The number of nitrogens with zero attached hydrogens (tertiary/aromatic N) is 1. The molecule has 2 aliphatic rings. The van der Waals surface area contributed by atoms with Crippen molar-refractivity contribution in [3.8, 4) is 0 Å². The zero-order valence-electron chi connectivity index (χ0n) is 11.9. The van der Waals surface area contributed by atoms with Gasteiger partial charge in [-0.3, -0.25) is 4.98 Å². The maximum atomic E-state index is 6.06. The number of fused-ring (bicyclic) bond motifs is 2. The van der Waals surface area contributed by atoms with Gasteiger partial charge < -0.3 is 10.1 Å². The Morgan fingerprint density at radius 2 is 2.14 bits per heavy atom. The fourth-order valence-corrected chi connectivity index (χ4v) is 3.97. The average molecular weight is 303 g/mol. The summed E-state index contributed by atoms with van der Waals surface area (Å²) in [6.07, 6.45) is 7.17. The summed E-state index contributed by atoms with van der Waals surface area (Å²) in [5, 5.41) is 5.62. The van der Waals surface area contributed by atoms with Crippen molar-refractivity contribution >= 4 is 28.2 Å². The second-order valence-electron chi connectivity index (χ2n) is 6.06. The van der Waals surface area contributed by atoms with Crippen molar-refractivity contribution in [3.63, 3.8) is 0 Å². The Kier molecular flexibility index (Phi) is 3.48. The standard InChI is InChI=1S/C17H19ClN2O/c18-11-4-5-12-15(6-8-19-16(12)10-11)20-14-2-1-3-17-13(14)7-9-21-17/h4-6,8,10,13-14,17H,1-3,7,9H2,(H,19,20). The maximum absolute atomic E-state index is 6.06. The molecule has 1 aliphatic heterocycles. The number of rotatable bonds is 2. The van der Waals surface area contributed by atoms with Crippen molar-refractivity contribution in [2.24, 2.45) is 5.92 Å². The summed E-state index contributed by atoms with van der Waals surface area (Å²) in [6.45, 7) is 0.917. The molecule has 1 saturated heterocycles. The first-order valence-corrected chi connectivity index (χ1v) is 8.11. The summed E-state index contributed by atoms with van der Waals surface area (Å²) in [5.74, 6) is 0.647. The number of aromatic nitrogens is 1. The number of hydrogen-bond acceptors (Lipinski definition) is 3. The van der Waals surface area contributed by atoms with Crippen LogP contribution in [-0.4, -0.2) is 23.7 Å². The Balaban J connectivity index is 1.64. The maximum Gasteiger partial charge on any atom is 0.0737 e. The van der Waals surface area contributed by atoms with Crippen molar-refractivity contribution in [3.05, 3.63) is 35.5 Å². The first-order valence-electron chi connectivity index (χ1n) is 7.74. The van der Waals surface area contributed by atoms with Gasteiger partial charge in [0, 0.05) is 40.9 Å². The average Bonchev–Trinajstić information content (AvgIpc) is 2.97. The molecule has 1 N–H and O–H groups in total. The SMILES string of the molecule is Clc1ccc2c(NC3CCCC4OCCC34)ccnc2c1. The zero-order chi connectivity index (χ0) is 14.2. The summed E-state index contributed by atoms with van der Waals surface area (Å²) >= 11 is 6.06. The monoisotopic (exact) mass is 302 g/mol. The van der Waals surface area contributed by atoms with E-state index in [9.17, 15) is 0 Å². The number of ether oxygens (including phenoxy) is 1. The fraction of sp³-hybridized carbons (Fsp3) is 0.471. The van der Waals surface area contributed by atoms with Crippen molar-refractivity contribution in [1.29, 1.82) is 0 Å². The van der Waals surface area contributed by atoms with Crippen LogP contribution in [-0.2, 0) is 4.74 Å². The molecule has 4 heteroatoms. The van der Waals surface area contributed by atoms with Gasteiger partial charge in [0.15, 0.2) is 0 Å². The Bertz CT molecular complexity index is 660. The molecule has 1 aliphatic carbocycles. The van der Waals surface area contributed by atoms with E-state index >= 15 is 0 Å². The zero-order valence-corrected chi connectivity index (χ0v) is 12.6. The van der Waals surface area contributed by atoms with Crippen LogP contribution in [0.5, 0.6) is 0 Å². The molecule has 0 spiro atoms. The normalized spacial score (nSPS) is 28.5. The number of nitrogens with one attached hydrogen (secondary N) is 1. The molecule has 3 unspecified atom stereocenters. The molecule has 2 aromatic rings. The van der Waals surface area contributed by atoms with Gasteiger partial charge in [-0.05, 0) is 49.9 Å².